The van der Waals surface area contributed by atoms with Crippen molar-refractivity contribution in [2.75, 3.05) is 11.4 Å². The molecule has 5 rings (SSSR count). The molecule has 0 radical (unpaired) electrons. The highest BCUT2D eigenvalue weighted by molar-refractivity contribution is 7.89. The summed E-state index contributed by atoms with van der Waals surface area (Å²) in [5, 5.41) is 9.53. The van der Waals surface area contributed by atoms with Crippen LogP contribution in [0.5, 0.6) is 0 Å². The lowest BCUT2D eigenvalue weighted by Gasteiger charge is -2.21. The molecule has 8 heteroatoms. The van der Waals surface area contributed by atoms with Crippen LogP contribution >= 0.6 is 0 Å². The summed E-state index contributed by atoms with van der Waals surface area (Å²) in [5.74, 6) is -0.117. The van der Waals surface area contributed by atoms with Crippen LogP contribution in [0.25, 0.3) is 5.69 Å². The van der Waals surface area contributed by atoms with Crippen LogP contribution in [0.1, 0.15) is 16.7 Å². The highest BCUT2D eigenvalue weighted by atomic mass is 32.2. The van der Waals surface area contributed by atoms with Crippen molar-refractivity contribution in [2.24, 2.45) is 11.1 Å². The summed E-state index contributed by atoms with van der Waals surface area (Å²) in [5.41, 5.74) is 4.95. The third kappa shape index (κ3) is 3.14. The molecule has 2 heterocycles. The number of rotatable bonds is 3. The molecule has 148 valence electrons. The standard InChI is InChI=1S/C21H20N4O3S/c22-29(27,28)19-5-3-14-6-9-24(20(14)13-19)21(26)17-10-15-2-4-18(12-16(15)11-17)25-8-1-7-23-25/h1-5,7-8,12-13,17H,6,9-11H2,(H2,22,27,28)/t17-/m1/s1. The summed E-state index contributed by atoms with van der Waals surface area (Å²) in [6, 6.07) is 12.8. The molecule has 1 aliphatic heterocycles. The fraction of sp³-hybridized carbons (Fsp3) is 0.238. The number of carbonyl (C=O) groups is 1. The number of amides is 1. The van der Waals surface area contributed by atoms with Gasteiger partial charge in [0, 0.05) is 30.5 Å². The molecule has 0 saturated carbocycles. The van der Waals surface area contributed by atoms with Gasteiger partial charge in [-0.1, -0.05) is 12.1 Å². The maximum absolute atomic E-state index is 13.3. The van der Waals surface area contributed by atoms with Gasteiger partial charge in [-0.15, -0.1) is 0 Å². The fourth-order valence-corrected chi connectivity index (χ4v) is 4.86. The van der Waals surface area contributed by atoms with E-state index < -0.39 is 10.0 Å². The van der Waals surface area contributed by atoms with Gasteiger partial charge in [0.25, 0.3) is 0 Å². The Labute approximate surface area is 168 Å². The third-order valence-electron chi connectivity index (χ3n) is 5.79. The number of aromatic nitrogens is 2. The lowest BCUT2D eigenvalue weighted by molar-refractivity contribution is -0.122. The summed E-state index contributed by atoms with van der Waals surface area (Å²) in [6.45, 7) is 0.563. The number of hydrogen-bond donors (Lipinski definition) is 1. The molecule has 1 amide bonds. The van der Waals surface area contributed by atoms with Crippen LogP contribution in [0.2, 0.25) is 0 Å². The first-order valence-corrected chi connectivity index (χ1v) is 11.0. The van der Waals surface area contributed by atoms with Crippen molar-refractivity contribution in [2.45, 2.75) is 24.2 Å². The van der Waals surface area contributed by atoms with E-state index in [1.54, 1.807) is 21.8 Å². The lowest BCUT2D eigenvalue weighted by atomic mass is 10.0. The first-order chi connectivity index (χ1) is 13.9. The maximum Gasteiger partial charge on any atom is 0.238 e. The van der Waals surface area contributed by atoms with Crippen molar-refractivity contribution in [3.05, 3.63) is 71.5 Å². The maximum atomic E-state index is 13.3. The van der Waals surface area contributed by atoms with Crippen LogP contribution in [-0.4, -0.2) is 30.7 Å². The smallest absolute Gasteiger partial charge is 0.238 e. The molecule has 0 bridgehead atoms. The Balaban J connectivity index is 1.40. The van der Waals surface area contributed by atoms with Crippen LogP contribution in [-0.2, 0) is 34.1 Å². The molecule has 7 nitrogen and oxygen atoms in total. The monoisotopic (exact) mass is 408 g/mol. The van der Waals surface area contributed by atoms with Gasteiger partial charge in [-0.25, -0.2) is 18.2 Å². The Morgan fingerprint density at radius 2 is 1.86 bits per heavy atom. The Kier molecular flexibility index (Phi) is 4.07. The van der Waals surface area contributed by atoms with E-state index in [9.17, 15) is 13.2 Å². The first-order valence-electron chi connectivity index (χ1n) is 9.49. The molecule has 2 aliphatic rings. The molecule has 1 aliphatic carbocycles. The number of sulfonamides is 1. The number of hydrogen-bond acceptors (Lipinski definition) is 4. The van der Waals surface area contributed by atoms with Gasteiger partial charge in [-0.05, 0) is 66.3 Å². The quantitative estimate of drug-likeness (QED) is 0.715. The largest absolute Gasteiger partial charge is 0.312 e. The van der Waals surface area contributed by atoms with Crippen molar-refractivity contribution in [1.29, 1.82) is 0 Å². The highest BCUT2D eigenvalue weighted by Gasteiger charge is 2.34. The number of anilines is 1. The van der Waals surface area contributed by atoms with Gasteiger partial charge in [0.05, 0.1) is 10.6 Å². The van der Waals surface area contributed by atoms with Crippen LogP contribution in [0, 0.1) is 5.92 Å². The summed E-state index contributed by atoms with van der Waals surface area (Å²) < 4.78 is 25.2. The van der Waals surface area contributed by atoms with Crippen LogP contribution in [0.15, 0.2) is 59.8 Å². The van der Waals surface area contributed by atoms with Gasteiger partial charge in [0.15, 0.2) is 0 Å². The minimum Gasteiger partial charge on any atom is -0.312 e. The van der Waals surface area contributed by atoms with E-state index in [1.165, 1.54) is 17.7 Å². The molecule has 0 unspecified atom stereocenters. The van der Waals surface area contributed by atoms with Crippen molar-refractivity contribution in [1.82, 2.24) is 9.78 Å². The third-order valence-corrected chi connectivity index (χ3v) is 6.70. The van der Waals surface area contributed by atoms with Gasteiger partial charge in [-0.3, -0.25) is 4.79 Å². The SMILES string of the molecule is NS(=O)(=O)c1ccc2c(c1)N(C(=O)[C@@H]1Cc3ccc(-n4cccn4)cc3C1)CC2. The number of carbonyl (C=O) groups excluding carboxylic acids is 1. The fourth-order valence-electron chi connectivity index (χ4n) is 4.33. The van der Waals surface area contributed by atoms with Crippen LogP contribution in [0.4, 0.5) is 5.69 Å². The Bertz CT molecular complexity index is 1220. The van der Waals surface area contributed by atoms with Crippen molar-refractivity contribution >= 4 is 21.6 Å². The van der Waals surface area contributed by atoms with E-state index in [4.69, 9.17) is 5.14 Å². The molecule has 0 fully saturated rings. The summed E-state index contributed by atoms with van der Waals surface area (Å²) in [6.07, 6.45) is 5.71. The molecule has 1 aromatic heterocycles. The molecule has 0 saturated heterocycles. The normalized spacial score (nSPS) is 18.0. The zero-order chi connectivity index (χ0) is 20.2. The van der Waals surface area contributed by atoms with Gasteiger partial charge < -0.3 is 4.90 Å². The topological polar surface area (TPSA) is 98.3 Å². The average Bonchev–Trinajstić information content (AvgIpc) is 3.44. The Morgan fingerprint density at radius 1 is 1.07 bits per heavy atom. The molecule has 2 N–H and O–H groups in total. The van der Waals surface area contributed by atoms with Gasteiger partial charge >= 0.3 is 0 Å². The zero-order valence-electron chi connectivity index (χ0n) is 15.7. The van der Waals surface area contributed by atoms with Crippen molar-refractivity contribution < 1.29 is 13.2 Å². The molecule has 2 aromatic carbocycles. The predicted molar refractivity (Wildman–Crippen MR) is 108 cm³/mol. The molecular formula is C21H20N4O3S. The van der Waals surface area contributed by atoms with E-state index in [0.29, 0.717) is 25.1 Å². The van der Waals surface area contributed by atoms with Gasteiger partial charge in [-0.2, -0.15) is 5.10 Å². The van der Waals surface area contributed by atoms with Gasteiger partial charge in [0.2, 0.25) is 15.9 Å². The number of benzene rings is 2. The molecular weight excluding hydrogens is 388 g/mol. The van der Waals surface area contributed by atoms with Gasteiger partial charge in [0.1, 0.15) is 0 Å². The summed E-state index contributed by atoms with van der Waals surface area (Å²) in [7, 11) is -3.81. The van der Waals surface area contributed by atoms with E-state index in [0.717, 1.165) is 23.2 Å². The second kappa shape index (κ2) is 6.53. The molecule has 29 heavy (non-hydrogen) atoms. The highest BCUT2D eigenvalue weighted by Crippen LogP contribution is 2.35. The molecule has 1 atom stereocenters. The second-order valence-electron chi connectivity index (χ2n) is 7.58. The molecule has 3 aromatic rings. The minimum atomic E-state index is -3.81. The van der Waals surface area contributed by atoms with E-state index in [2.05, 4.69) is 17.2 Å². The number of primary sulfonamides is 1. The molecule has 0 spiro atoms. The van der Waals surface area contributed by atoms with Crippen molar-refractivity contribution in [3.63, 3.8) is 0 Å². The predicted octanol–water partition coefficient (Wildman–Crippen LogP) is 1.82. The van der Waals surface area contributed by atoms with Crippen LogP contribution in [0.3, 0.4) is 0 Å². The Hall–Kier alpha value is -2.97. The first kappa shape index (κ1) is 18.1. The van der Waals surface area contributed by atoms with E-state index in [1.807, 2.05) is 18.3 Å². The minimum absolute atomic E-state index is 0.0344. The lowest BCUT2D eigenvalue weighted by Crippen LogP contribution is -2.35. The average molecular weight is 408 g/mol. The number of nitrogens with zero attached hydrogens (tertiary/aromatic N) is 3. The summed E-state index contributed by atoms with van der Waals surface area (Å²) in [4.78, 5) is 15.0. The number of nitrogens with two attached hydrogens (primary N) is 1. The second-order valence-corrected chi connectivity index (χ2v) is 9.15. The zero-order valence-corrected chi connectivity index (χ0v) is 16.5. The Morgan fingerprint density at radius 3 is 2.62 bits per heavy atom. The number of fused-ring (bicyclic) bond motifs is 2. The van der Waals surface area contributed by atoms with Crippen molar-refractivity contribution in [3.8, 4) is 5.69 Å². The summed E-state index contributed by atoms with van der Waals surface area (Å²) >= 11 is 0. The van der Waals surface area contributed by atoms with Crippen LogP contribution < -0.4 is 10.0 Å². The van der Waals surface area contributed by atoms with E-state index in [-0.39, 0.29) is 16.7 Å². The van der Waals surface area contributed by atoms with E-state index >= 15 is 0 Å².